The second-order valence-electron chi connectivity index (χ2n) is 2.85. The summed E-state index contributed by atoms with van der Waals surface area (Å²) < 4.78 is 5.55. The predicted octanol–water partition coefficient (Wildman–Crippen LogP) is 2.32. The van der Waals surface area contributed by atoms with Gasteiger partial charge >= 0.3 is 0 Å². The summed E-state index contributed by atoms with van der Waals surface area (Å²) in [6.07, 6.45) is 4.35. The zero-order valence-electron chi connectivity index (χ0n) is 5.95. The van der Waals surface area contributed by atoms with Gasteiger partial charge in [-0.1, -0.05) is 24.3 Å². The molecule has 11 heavy (non-hydrogen) atoms. The van der Waals surface area contributed by atoms with Crippen molar-refractivity contribution in [3.8, 4) is 0 Å². The first-order chi connectivity index (χ1) is 5.45. The largest absolute Gasteiger partial charge is 0.485 e. The molecule has 0 saturated carbocycles. The number of fused-ring (bicyclic) bond motifs is 5. The lowest BCUT2D eigenvalue weighted by molar-refractivity contribution is 0.241. The third-order valence-electron chi connectivity index (χ3n) is 2.21. The van der Waals surface area contributed by atoms with Crippen LogP contribution in [-0.2, 0) is 4.74 Å². The summed E-state index contributed by atoms with van der Waals surface area (Å²) in [7, 11) is 0. The molecular formula is C10H7O. The molecule has 1 aromatic rings. The first-order valence-electron chi connectivity index (χ1n) is 3.76. The normalized spacial score (nSPS) is 24.4. The van der Waals surface area contributed by atoms with Crippen LogP contribution in [0.5, 0.6) is 0 Å². The van der Waals surface area contributed by atoms with Crippen LogP contribution in [0.3, 0.4) is 0 Å². The molecule has 2 heterocycles. The van der Waals surface area contributed by atoms with Crippen molar-refractivity contribution in [3.63, 3.8) is 0 Å². The van der Waals surface area contributed by atoms with E-state index in [1.165, 1.54) is 11.1 Å². The highest BCUT2D eigenvalue weighted by atomic mass is 16.5. The van der Waals surface area contributed by atoms with Crippen LogP contribution < -0.4 is 0 Å². The van der Waals surface area contributed by atoms with Crippen molar-refractivity contribution in [2.75, 3.05) is 0 Å². The van der Waals surface area contributed by atoms with Gasteiger partial charge in [0.1, 0.15) is 11.9 Å². The standard InChI is InChI=1S/C10H7O/c1-2-4-8-7(3-1)9-5-6-10(8)11-9/h1-6,9H. The molecule has 0 N–H and O–H groups in total. The molecule has 1 atom stereocenters. The van der Waals surface area contributed by atoms with E-state index in [4.69, 9.17) is 4.74 Å². The zero-order chi connectivity index (χ0) is 7.26. The molecule has 1 aromatic carbocycles. The Balaban J connectivity index is 2.33. The number of benzene rings is 1. The van der Waals surface area contributed by atoms with Crippen LogP contribution in [0, 0.1) is 6.42 Å². The van der Waals surface area contributed by atoms with Gasteiger partial charge in [-0.05, 0) is 6.08 Å². The Morgan fingerprint density at radius 1 is 1.18 bits per heavy atom. The molecule has 0 aromatic heterocycles. The Hall–Kier alpha value is -1.24. The van der Waals surface area contributed by atoms with Crippen molar-refractivity contribution >= 4 is 5.76 Å². The Morgan fingerprint density at radius 2 is 2.09 bits per heavy atom. The number of hydrogen-bond donors (Lipinski definition) is 0. The Labute approximate surface area is 65.3 Å². The molecule has 0 amide bonds. The summed E-state index contributed by atoms with van der Waals surface area (Å²) in [5.74, 6) is 1.03. The van der Waals surface area contributed by atoms with E-state index in [0.29, 0.717) is 0 Å². The van der Waals surface area contributed by atoms with Gasteiger partial charge in [0.15, 0.2) is 0 Å². The first kappa shape index (κ1) is 5.42. The molecule has 1 heteroatoms. The van der Waals surface area contributed by atoms with Crippen molar-refractivity contribution in [1.82, 2.24) is 0 Å². The second kappa shape index (κ2) is 1.67. The van der Waals surface area contributed by atoms with E-state index in [1.807, 2.05) is 12.1 Å². The van der Waals surface area contributed by atoms with E-state index in [2.05, 4.69) is 24.6 Å². The van der Waals surface area contributed by atoms with Gasteiger partial charge in [0.25, 0.3) is 0 Å². The highest BCUT2D eigenvalue weighted by Gasteiger charge is 2.31. The van der Waals surface area contributed by atoms with Gasteiger partial charge in [0.05, 0.1) is 0 Å². The predicted molar refractivity (Wildman–Crippen MR) is 42.5 cm³/mol. The average molecular weight is 143 g/mol. The summed E-state index contributed by atoms with van der Waals surface area (Å²) in [6.45, 7) is 0. The van der Waals surface area contributed by atoms with Crippen LogP contribution in [0.25, 0.3) is 5.76 Å². The maximum absolute atomic E-state index is 5.55. The van der Waals surface area contributed by atoms with E-state index >= 15 is 0 Å². The summed E-state index contributed by atoms with van der Waals surface area (Å²) in [4.78, 5) is 0. The van der Waals surface area contributed by atoms with Gasteiger partial charge in [-0.2, -0.15) is 0 Å². The van der Waals surface area contributed by atoms with Crippen molar-refractivity contribution in [1.29, 1.82) is 0 Å². The fourth-order valence-electron chi connectivity index (χ4n) is 1.68. The summed E-state index contributed by atoms with van der Waals surface area (Å²) in [5, 5.41) is 0. The molecule has 3 rings (SSSR count). The fraction of sp³-hybridized carbons (Fsp3) is 0.100. The number of rotatable bonds is 0. The minimum absolute atomic E-state index is 0.209. The van der Waals surface area contributed by atoms with Gasteiger partial charge in [0, 0.05) is 17.5 Å². The van der Waals surface area contributed by atoms with E-state index in [0.717, 1.165) is 5.76 Å². The van der Waals surface area contributed by atoms with E-state index in [-0.39, 0.29) is 6.10 Å². The van der Waals surface area contributed by atoms with Crippen LogP contribution >= 0.6 is 0 Å². The molecular weight excluding hydrogens is 136 g/mol. The lowest BCUT2D eigenvalue weighted by atomic mass is 9.98. The zero-order valence-corrected chi connectivity index (χ0v) is 5.95. The minimum atomic E-state index is 0.209. The molecule has 0 saturated heterocycles. The summed E-state index contributed by atoms with van der Waals surface area (Å²) >= 11 is 0. The van der Waals surface area contributed by atoms with Crippen LogP contribution in [-0.4, -0.2) is 0 Å². The van der Waals surface area contributed by atoms with Crippen molar-refractivity contribution in [2.45, 2.75) is 6.10 Å². The van der Waals surface area contributed by atoms with E-state index < -0.39 is 0 Å². The Morgan fingerprint density at radius 3 is 3.00 bits per heavy atom. The van der Waals surface area contributed by atoms with Crippen molar-refractivity contribution in [3.05, 3.63) is 47.9 Å². The quantitative estimate of drug-likeness (QED) is 0.541. The van der Waals surface area contributed by atoms with Gasteiger partial charge in [-0.3, -0.25) is 0 Å². The van der Waals surface area contributed by atoms with Gasteiger partial charge in [-0.25, -0.2) is 0 Å². The first-order valence-corrected chi connectivity index (χ1v) is 3.76. The lowest BCUT2D eigenvalue weighted by Crippen LogP contribution is -1.92. The maximum atomic E-state index is 5.55. The molecule has 2 aliphatic heterocycles. The highest BCUT2D eigenvalue weighted by molar-refractivity contribution is 5.72. The molecule has 1 unspecified atom stereocenters. The molecule has 2 aliphatic rings. The van der Waals surface area contributed by atoms with Crippen LogP contribution in [0.4, 0.5) is 0 Å². The topological polar surface area (TPSA) is 9.23 Å². The fourth-order valence-corrected chi connectivity index (χ4v) is 1.68. The average Bonchev–Trinajstić information content (AvgIpc) is 2.64. The monoisotopic (exact) mass is 143 g/mol. The lowest BCUT2D eigenvalue weighted by Gasteiger charge is -2.03. The smallest absolute Gasteiger partial charge is 0.132 e. The van der Waals surface area contributed by atoms with Crippen LogP contribution in [0.1, 0.15) is 17.2 Å². The van der Waals surface area contributed by atoms with Crippen LogP contribution in [0.2, 0.25) is 0 Å². The SMILES string of the molecule is [CH]1C=C2OC1c1ccccc12. The number of hydrogen-bond acceptors (Lipinski definition) is 1. The van der Waals surface area contributed by atoms with Gasteiger partial charge < -0.3 is 4.74 Å². The molecule has 0 fully saturated rings. The maximum Gasteiger partial charge on any atom is 0.132 e. The molecule has 2 bridgehead atoms. The molecule has 0 spiro atoms. The van der Waals surface area contributed by atoms with E-state index in [9.17, 15) is 0 Å². The van der Waals surface area contributed by atoms with Crippen molar-refractivity contribution in [2.24, 2.45) is 0 Å². The highest BCUT2D eigenvalue weighted by Crippen LogP contribution is 2.44. The summed E-state index contributed by atoms with van der Waals surface area (Å²) in [5.41, 5.74) is 2.57. The molecule has 1 nitrogen and oxygen atoms in total. The Kier molecular flexibility index (Phi) is 0.823. The van der Waals surface area contributed by atoms with Gasteiger partial charge in [-0.15, -0.1) is 0 Å². The third-order valence-corrected chi connectivity index (χ3v) is 2.21. The third kappa shape index (κ3) is 0.559. The summed E-state index contributed by atoms with van der Waals surface area (Å²) in [6, 6.07) is 8.33. The second-order valence-corrected chi connectivity index (χ2v) is 2.85. The minimum Gasteiger partial charge on any atom is -0.485 e. The van der Waals surface area contributed by atoms with Crippen molar-refractivity contribution < 1.29 is 4.74 Å². The molecule has 0 aliphatic carbocycles. The van der Waals surface area contributed by atoms with Gasteiger partial charge in [0.2, 0.25) is 0 Å². The van der Waals surface area contributed by atoms with E-state index in [1.54, 1.807) is 0 Å². The molecule has 1 radical (unpaired) electrons. The van der Waals surface area contributed by atoms with Crippen LogP contribution in [0.15, 0.2) is 30.3 Å². The molecule has 53 valence electrons. The number of ether oxygens (including phenoxy) is 1. The Bertz CT molecular complexity index is 338.